The molecule has 0 spiro atoms. The van der Waals surface area contributed by atoms with Gasteiger partial charge in [0.1, 0.15) is 11.4 Å². The molecule has 1 aromatic heterocycles. The minimum Gasteiger partial charge on any atom is -0.496 e. The number of ether oxygens (including phenoxy) is 2. The molecule has 0 aliphatic carbocycles. The van der Waals surface area contributed by atoms with E-state index in [0.29, 0.717) is 5.88 Å². The second kappa shape index (κ2) is 7.04. The van der Waals surface area contributed by atoms with E-state index in [9.17, 15) is 0 Å². The summed E-state index contributed by atoms with van der Waals surface area (Å²) in [5.74, 6) is 1.35. The first-order valence-corrected chi connectivity index (χ1v) is 6.94. The normalized spacial score (nSPS) is 12.0. The molecule has 5 heteroatoms. The Morgan fingerprint density at radius 1 is 1.14 bits per heavy atom. The van der Waals surface area contributed by atoms with Crippen LogP contribution in [0.25, 0.3) is 0 Å². The van der Waals surface area contributed by atoms with Crippen molar-refractivity contribution < 1.29 is 9.47 Å². The maximum Gasteiger partial charge on any atom is 0.237 e. The highest BCUT2D eigenvalue weighted by atomic mass is 16.5. The van der Waals surface area contributed by atoms with Crippen molar-refractivity contribution in [1.82, 2.24) is 15.3 Å². The number of methoxy groups -OCH3 is 2. The van der Waals surface area contributed by atoms with Gasteiger partial charge in [-0.3, -0.25) is 4.98 Å². The second-order valence-electron chi connectivity index (χ2n) is 4.69. The third-order valence-electron chi connectivity index (χ3n) is 3.27. The monoisotopic (exact) mass is 287 g/mol. The molecule has 1 heterocycles. The van der Waals surface area contributed by atoms with Gasteiger partial charge in [-0.1, -0.05) is 19.1 Å². The molecule has 2 rings (SSSR count). The van der Waals surface area contributed by atoms with Crippen molar-refractivity contribution in [1.29, 1.82) is 0 Å². The lowest BCUT2D eigenvalue weighted by molar-refractivity contribution is 0.378. The number of benzene rings is 1. The lowest BCUT2D eigenvalue weighted by Crippen LogP contribution is -2.24. The molecule has 21 heavy (non-hydrogen) atoms. The summed E-state index contributed by atoms with van der Waals surface area (Å²) in [7, 11) is 3.28. The first-order chi connectivity index (χ1) is 10.2. The smallest absolute Gasteiger partial charge is 0.237 e. The molecule has 0 bridgehead atoms. The number of rotatable bonds is 6. The fourth-order valence-electron chi connectivity index (χ4n) is 2.31. The van der Waals surface area contributed by atoms with Crippen LogP contribution in [0.4, 0.5) is 0 Å². The standard InChI is InChI=1S/C16H21N3O2/c1-5-17-14(15-16(21-4)19-9-8-18-15)12-7-6-11(2)10-13(12)20-3/h6-10,14,17H,5H2,1-4H3. The lowest BCUT2D eigenvalue weighted by Gasteiger charge is -2.21. The molecule has 0 radical (unpaired) electrons. The van der Waals surface area contributed by atoms with E-state index in [-0.39, 0.29) is 6.04 Å². The quantitative estimate of drug-likeness (QED) is 0.884. The predicted octanol–water partition coefficient (Wildman–Crippen LogP) is 2.50. The molecule has 1 N–H and O–H groups in total. The van der Waals surface area contributed by atoms with Crippen molar-refractivity contribution in [2.75, 3.05) is 20.8 Å². The molecular weight excluding hydrogens is 266 g/mol. The fraction of sp³-hybridized carbons (Fsp3) is 0.375. The van der Waals surface area contributed by atoms with Crippen LogP contribution in [0.15, 0.2) is 30.6 Å². The molecule has 2 aromatic rings. The van der Waals surface area contributed by atoms with E-state index in [1.165, 1.54) is 0 Å². The Morgan fingerprint density at radius 2 is 1.90 bits per heavy atom. The summed E-state index contributed by atoms with van der Waals surface area (Å²) in [4.78, 5) is 8.67. The van der Waals surface area contributed by atoms with Crippen molar-refractivity contribution in [3.63, 3.8) is 0 Å². The maximum atomic E-state index is 5.52. The predicted molar refractivity (Wildman–Crippen MR) is 81.8 cm³/mol. The summed E-state index contributed by atoms with van der Waals surface area (Å²) >= 11 is 0. The number of hydrogen-bond donors (Lipinski definition) is 1. The van der Waals surface area contributed by atoms with Crippen molar-refractivity contribution in [3.8, 4) is 11.6 Å². The third kappa shape index (κ3) is 3.31. The van der Waals surface area contributed by atoms with E-state index in [1.807, 2.05) is 13.0 Å². The zero-order valence-electron chi connectivity index (χ0n) is 12.9. The van der Waals surface area contributed by atoms with Gasteiger partial charge in [0, 0.05) is 18.0 Å². The molecule has 0 aliphatic heterocycles. The van der Waals surface area contributed by atoms with Gasteiger partial charge in [-0.2, -0.15) is 0 Å². The Kier molecular flexibility index (Phi) is 5.11. The van der Waals surface area contributed by atoms with Crippen LogP contribution in [0.2, 0.25) is 0 Å². The van der Waals surface area contributed by atoms with Gasteiger partial charge in [0.2, 0.25) is 5.88 Å². The van der Waals surface area contributed by atoms with E-state index in [2.05, 4.69) is 34.3 Å². The zero-order valence-corrected chi connectivity index (χ0v) is 12.9. The highest BCUT2D eigenvalue weighted by Gasteiger charge is 2.23. The van der Waals surface area contributed by atoms with E-state index >= 15 is 0 Å². The summed E-state index contributed by atoms with van der Waals surface area (Å²) in [6.45, 7) is 4.88. The molecule has 5 nitrogen and oxygen atoms in total. The SMILES string of the molecule is CCNC(c1ccc(C)cc1OC)c1nccnc1OC. The van der Waals surface area contributed by atoms with Crippen molar-refractivity contribution >= 4 is 0 Å². The van der Waals surface area contributed by atoms with Gasteiger partial charge in [0.15, 0.2) is 0 Å². The zero-order chi connectivity index (χ0) is 15.2. The molecule has 0 aliphatic rings. The fourth-order valence-corrected chi connectivity index (χ4v) is 2.31. The topological polar surface area (TPSA) is 56.3 Å². The molecule has 1 aromatic carbocycles. The van der Waals surface area contributed by atoms with Gasteiger partial charge in [-0.25, -0.2) is 4.98 Å². The van der Waals surface area contributed by atoms with Crippen molar-refractivity contribution in [2.45, 2.75) is 19.9 Å². The molecule has 1 atom stereocenters. The second-order valence-corrected chi connectivity index (χ2v) is 4.69. The van der Waals surface area contributed by atoms with Crippen molar-refractivity contribution in [2.24, 2.45) is 0 Å². The first-order valence-electron chi connectivity index (χ1n) is 6.94. The Balaban J connectivity index is 2.53. The van der Waals surface area contributed by atoms with Crippen LogP contribution in [-0.2, 0) is 0 Å². The first kappa shape index (κ1) is 15.3. The molecular formula is C16H21N3O2. The van der Waals surface area contributed by atoms with Gasteiger partial charge in [0.25, 0.3) is 0 Å². The van der Waals surface area contributed by atoms with Gasteiger partial charge < -0.3 is 14.8 Å². The van der Waals surface area contributed by atoms with Gasteiger partial charge in [-0.05, 0) is 25.1 Å². The van der Waals surface area contributed by atoms with Crippen LogP contribution < -0.4 is 14.8 Å². The highest BCUT2D eigenvalue weighted by Crippen LogP contribution is 2.32. The van der Waals surface area contributed by atoms with E-state index < -0.39 is 0 Å². The average Bonchev–Trinajstić information content (AvgIpc) is 2.53. The Labute approximate surface area is 125 Å². The minimum absolute atomic E-state index is 0.130. The summed E-state index contributed by atoms with van der Waals surface area (Å²) in [5.41, 5.74) is 2.92. The lowest BCUT2D eigenvalue weighted by atomic mass is 10.0. The van der Waals surface area contributed by atoms with E-state index in [1.54, 1.807) is 26.6 Å². The average molecular weight is 287 g/mol. The van der Waals surface area contributed by atoms with Crippen LogP contribution in [0.1, 0.15) is 29.8 Å². The van der Waals surface area contributed by atoms with Crippen LogP contribution in [0.5, 0.6) is 11.6 Å². The Bertz CT molecular complexity index is 602. The van der Waals surface area contributed by atoms with Gasteiger partial charge in [0.05, 0.1) is 20.3 Å². The molecule has 0 amide bonds. The molecule has 0 saturated heterocycles. The number of hydrogen-bond acceptors (Lipinski definition) is 5. The largest absolute Gasteiger partial charge is 0.496 e. The van der Waals surface area contributed by atoms with Gasteiger partial charge in [-0.15, -0.1) is 0 Å². The van der Waals surface area contributed by atoms with E-state index in [0.717, 1.165) is 29.1 Å². The maximum absolute atomic E-state index is 5.52. The third-order valence-corrected chi connectivity index (χ3v) is 3.27. The summed E-state index contributed by atoms with van der Waals surface area (Å²) in [6, 6.07) is 6.00. The highest BCUT2D eigenvalue weighted by molar-refractivity contribution is 5.44. The summed E-state index contributed by atoms with van der Waals surface area (Å²) in [6.07, 6.45) is 3.29. The van der Waals surface area contributed by atoms with Crippen LogP contribution >= 0.6 is 0 Å². The van der Waals surface area contributed by atoms with Crippen LogP contribution in [0, 0.1) is 6.92 Å². The molecule has 0 fully saturated rings. The summed E-state index contributed by atoms with van der Waals surface area (Å²) in [5, 5.41) is 3.42. The van der Waals surface area contributed by atoms with E-state index in [4.69, 9.17) is 9.47 Å². The van der Waals surface area contributed by atoms with Crippen LogP contribution in [-0.4, -0.2) is 30.7 Å². The molecule has 112 valence electrons. The number of aromatic nitrogens is 2. The summed E-state index contributed by atoms with van der Waals surface area (Å²) < 4.78 is 10.9. The number of nitrogens with zero attached hydrogens (tertiary/aromatic N) is 2. The minimum atomic E-state index is -0.130. The van der Waals surface area contributed by atoms with Crippen molar-refractivity contribution in [3.05, 3.63) is 47.4 Å². The number of aryl methyl sites for hydroxylation is 1. The Morgan fingerprint density at radius 3 is 2.57 bits per heavy atom. The number of nitrogens with one attached hydrogen (secondary N) is 1. The molecule has 1 unspecified atom stereocenters. The molecule has 0 saturated carbocycles. The Hall–Kier alpha value is -2.14. The van der Waals surface area contributed by atoms with Crippen LogP contribution in [0.3, 0.4) is 0 Å². The van der Waals surface area contributed by atoms with Gasteiger partial charge >= 0.3 is 0 Å².